The summed E-state index contributed by atoms with van der Waals surface area (Å²) in [4.78, 5) is 2.52. The van der Waals surface area contributed by atoms with Gasteiger partial charge < -0.3 is 10.6 Å². The minimum absolute atomic E-state index is 0.673. The first-order valence-electron chi connectivity index (χ1n) is 5.33. The average molecular weight is 209 g/mol. The first-order valence-corrected chi connectivity index (χ1v) is 6.11. The number of rotatable bonds is 1. The van der Waals surface area contributed by atoms with Crippen molar-refractivity contribution in [3.8, 4) is 0 Å². The van der Waals surface area contributed by atoms with E-state index in [1.807, 2.05) is 6.07 Å². The molecule has 0 amide bonds. The molecule has 0 bridgehead atoms. The van der Waals surface area contributed by atoms with E-state index < -0.39 is 0 Å². The van der Waals surface area contributed by atoms with Crippen LogP contribution in [0.15, 0.2) is 6.07 Å². The van der Waals surface area contributed by atoms with E-state index in [0.29, 0.717) is 5.82 Å². The van der Waals surface area contributed by atoms with Gasteiger partial charge in [-0.05, 0) is 36.7 Å². The normalized spacial score (nSPS) is 31.0. The van der Waals surface area contributed by atoms with Crippen molar-refractivity contribution in [2.75, 3.05) is 17.2 Å². The SMILES string of the molecule is Nc1cc(N2CCC3CCCC32)sn1. The Labute approximate surface area is 88.1 Å². The fraction of sp³-hybridized carbons (Fsp3) is 0.700. The number of anilines is 2. The van der Waals surface area contributed by atoms with Gasteiger partial charge in [-0.25, -0.2) is 0 Å². The molecular formula is C10H15N3S. The molecule has 0 spiro atoms. The predicted molar refractivity (Wildman–Crippen MR) is 59.6 cm³/mol. The van der Waals surface area contributed by atoms with E-state index in [0.717, 1.165) is 12.0 Å². The molecule has 1 aromatic rings. The molecule has 2 fully saturated rings. The summed E-state index contributed by atoms with van der Waals surface area (Å²) in [7, 11) is 0. The fourth-order valence-electron chi connectivity index (χ4n) is 2.92. The summed E-state index contributed by atoms with van der Waals surface area (Å²) < 4.78 is 4.15. The predicted octanol–water partition coefficient (Wildman–Crippen LogP) is 2.10. The molecule has 14 heavy (non-hydrogen) atoms. The van der Waals surface area contributed by atoms with Gasteiger partial charge >= 0.3 is 0 Å². The second-order valence-corrected chi connectivity index (χ2v) is 5.11. The van der Waals surface area contributed by atoms with E-state index in [2.05, 4.69) is 9.27 Å². The van der Waals surface area contributed by atoms with Gasteiger partial charge in [-0.15, -0.1) is 0 Å². The molecule has 2 heterocycles. The summed E-state index contributed by atoms with van der Waals surface area (Å²) >= 11 is 1.55. The minimum atomic E-state index is 0.673. The Hall–Kier alpha value is -0.770. The third-order valence-corrected chi connectivity index (χ3v) is 4.40. The Morgan fingerprint density at radius 1 is 1.43 bits per heavy atom. The van der Waals surface area contributed by atoms with Crippen molar-refractivity contribution in [3.05, 3.63) is 6.07 Å². The van der Waals surface area contributed by atoms with Gasteiger partial charge in [0.05, 0.1) is 0 Å². The summed E-state index contributed by atoms with van der Waals surface area (Å²) in [6.07, 6.45) is 5.56. The topological polar surface area (TPSA) is 42.1 Å². The van der Waals surface area contributed by atoms with Crippen LogP contribution in [0.25, 0.3) is 0 Å². The summed E-state index contributed by atoms with van der Waals surface area (Å²) in [5.41, 5.74) is 5.66. The van der Waals surface area contributed by atoms with E-state index >= 15 is 0 Å². The molecular weight excluding hydrogens is 194 g/mol. The van der Waals surface area contributed by atoms with Gasteiger partial charge in [0.15, 0.2) is 0 Å². The first kappa shape index (κ1) is 8.53. The maximum Gasteiger partial charge on any atom is 0.139 e. The van der Waals surface area contributed by atoms with Crippen LogP contribution in [0, 0.1) is 5.92 Å². The highest BCUT2D eigenvalue weighted by atomic mass is 32.1. The zero-order chi connectivity index (χ0) is 9.54. The third-order valence-electron chi connectivity index (χ3n) is 3.56. The van der Waals surface area contributed by atoms with E-state index in [4.69, 9.17) is 5.73 Å². The Morgan fingerprint density at radius 3 is 3.14 bits per heavy atom. The Morgan fingerprint density at radius 2 is 2.36 bits per heavy atom. The zero-order valence-electron chi connectivity index (χ0n) is 8.15. The van der Waals surface area contributed by atoms with Crippen LogP contribution in [0.3, 0.4) is 0 Å². The van der Waals surface area contributed by atoms with Gasteiger partial charge in [0.2, 0.25) is 0 Å². The van der Waals surface area contributed by atoms with Gasteiger partial charge in [-0.3, -0.25) is 0 Å². The molecule has 0 aromatic carbocycles. The molecule has 3 rings (SSSR count). The van der Waals surface area contributed by atoms with E-state index in [-0.39, 0.29) is 0 Å². The monoisotopic (exact) mass is 209 g/mol. The Bertz CT molecular complexity index is 336. The highest BCUT2D eigenvalue weighted by Crippen LogP contribution is 2.41. The molecule has 3 nitrogen and oxygen atoms in total. The number of fused-ring (bicyclic) bond motifs is 1. The van der Waals surface area contributed by atoms with Crippen molar-refractivity contribution in [1.82, 2.24) is 4.37 Å². The summed E-state index contributed by atoms with van der Waals surface area (Å²) in [6, 6.07) is 2.81. The maximum atomic E-state index is 5.66. The van der Waals surface area contributed by atoms with Crippen molar-refractivity contribution in [3.63, 3.8) is 0 Å². The Kier molecular flexibility index (Phi) is 1.90. The lowest BCUT2D eigenvalue weighted by atomic mass is 10.1. The van der Waals surface area contributed by atoms with Crippen LogP contribution < -0.4 is 10.6 Å². The molecule has 1 saturated heterocycles. The third kappa shape index (κ3) is 1.21. The van der Waals surface area contributed by atoms with E-state index in [9.17, 15) is 0 Å². The molecule has 1 aromatic heterocycles. The molecule has 1 saturated carbocycles. The van der Waals surface area contributed by atoms with Crippen LogP contribution in [0.2, 0.25) is 0 Å². The molecule has 4 heteroatoms. The molecule has 0 radical (unpaired) electrons. The lowest BCUT2D eigenvalue weighted by Gasteiger charge is -2.23. The van der Waals surface area contributed by atoms with Crippen LogP contribution in [-0.4, -0.2) is 17.0 Å². The highest BCUT2D eigenvalue weighted by molar-refractivity contribution is 7.10. The smallest absolute Gasteiger partial charge is 0.139 e. The van der Waals surface area contributed by atoms with Gasteiger partial charge in [-0.1, -0.05) is 6.42 Å². The maximum absolute atomic E-state index is 5.66. The number of nitrogen functional groups attached to an aromatic ring is 1. The van der Waals surface area contributed by atoms with Gasteiger partial charge in [0, 0.05) is 18.7 Å². The second-order valence-electron chi connectivity index (χ2n) is 4.33. The molecule has 76 valence electrons. The average Bonchev–Trinajstić information content (AvgIpc) is 2.77. The second kappa shape index (κ2) is 3.12. The number of aromatic nitrogens is 1. The number of hydrogen-bond acceptors (Lipinski definition) is 4. The molecule has 2 unspecified atom stereocenters. The summed E-state index contributed by atoms with van der Waals surface area (Å²) in [6.45, 7) is 1.21. The van der Waals surface area contributed by atoms with Crippen molar-refractivity contribution in [1.29, 1.82) is 0 Å². The van der Waals surface area contributed by atoms with Gasteiger partial charge in [0.25, 0.3) is 0 Å². The quantitative estimate of drug-likeness (QED) is 0.770. The van der Waals surface area contributed by atoms with Crippen molar-refractivity contribution in [2.24, 2.45) is 5.92 Å². The molecule has 2 atom stereocenters. The number of nitrogens with zero attached hydrogens (tertiary/aromatic N) is 2. The van der Waals surface area contributed by atoms with Crippen molar-refractivity contribution in [2.45, 2.75) is 31.7 Å². The minimum Gasteiger partial charge on any atom is -0.383 e. The molecule has 1 aliphatic heterocycles. The Balaban J connectivity index is 1.85. The largest absolute Gasteiger partial charge is 0.383 e. The molecule has 1 aliphatic carbocycles. The van der Waals surface area contributed by atoms with Crippen LogP contribution >= 0.6 is 11.5 Å². The lowest BCUT2D eigenvalue weighted by Crippen LogP contribution is -2.28. The van der Waals surface area contributed by atoms with E-state index in [1.165, 1.54) is 37.2 Å². The van der Waals surface area contributed by atoms with Crippen LogP contribution in [-0.2, 0) is 0 Å². The standard InChI is InChI=1S/C10H15N3S/c11-9-6-10(14-12-9)13-5-4-7-2-1-3-8(7)13/h6-8H,1-5H2,(H2,11,12). The van der Waals surface area contributed by atoms with E-state index in [1.54, 1.807) is 11.5 Å². The number of hydrogen-bond donors (Lipinski definition) is 1. The van der Waals surface area contributed by atoms with Crippen molar-refractivity contribution < 1.29 is 0 Å². The zero-order valence-corrected chi connectivity index (χ0v) is 8.96. The fourth-order valence-corrected chi connectivity index (χ4v) is 3.68. The molecule has 2 aliphatic rings. The van der Waals surface area contributed by atoms with Gasteiger partial charge in [-0.2, -0.15) is 4.37 Å². The van der Waals surface area contributed by atoms with Crippen LogP contribution in [0.4, 0.5) is 10.8 Å². The first-order chi connectivity index (χ1) is 6.84. The van der Waals surface area contributed by atoms with Crippen LogP contribution in [0.5, 0.6) is 0 Å². The van der Waals surface area contributed by atoms with Crippen molar-refractivity contribution >= 4 is 22.4 Å². The summed E-state index contributed by atoms with van der Waals surface area (Å²) in [5, 5.41) is 1.27. The van der Waals surface area contributed by atoms with Crippen LogP contribution in [0.1, 0.15) is 25.7 Å². The number of nitrogens with two attached hydrogens (primary N) is 1. The highest BCUT2D eigenvalue weighted by Gasteiger charge is 2.38. The molecule has 2 N–H and O–H groups in total. The van der Waals surface area contributed by atoms with Gasteiger partial charge in [0.1, 0.15) is 10.8 Å². The summed E-state index contributed by atoms with van der Waals surface area (Å²) in [5.74, 6) is 1.62. The lowest BCUT2D eigenvalue weighted by molar-refractivity contribution is 0.542.